The van der Waals surface area contributed by atoms with Gasteiger partial charge in [-0.25, -0.2) is 0 Å². The Bertz CT molecular complexity index is 765. The minimum atomic E-state index is -0.313. The summed E-state index contributed by atoms with van der Waals surface area (Å²) >= 11 is 0. The molecule has 2 aromatic carbocycles. The molecule has 1 aliphatic heterocycles. The number of rotatable bonds is 6. The van der Waals surface area contributed by atoms with Crippen molar-refractivity contribution in [2.45, 2.75) is 38.3 Å². The predicted octanol–water partition coefficient (Wildman–Crippen LogP) is 3.50. The predicted molar refractivity (Wildman–Crippen MR) is 110 cm³/mol. The normalized spacial score (nSPS) is 15.8. The van der Waals surface area contributed by atoms with Crippen LogP contribution in [0.2, 0.25) is 0 Å². The third kappa shape index (κ3) is 5.31. The van der Waals surface area contributed by atoms with E-state index in [0.717, 1.165) is 29.8 Å². The Morgan fingerprint density at radius 2 is 1.78 bits per heavy atom. The monoisotopic (exact) mass is 387 g/mol. The van der Waals surface area contributed by atoms with E-state index in [1.165, 1.54) is 0 Å². The van der Waals surface area contributed by atoms with Gasteiger partial charge in [0.05, 0.1) is 6.04 Å². The topological polar surface area (TPSA) is 75.4 Å². The van der Waals surface area contributed by atoms with Crippen molar-refractivity contribution in [2.24, 2.45) is 5.73 Å². The lowest BCUT2D eigenvalue weighted by Crippen LogP contribution is -2.30. The van der Waals surface area contributed by atoms with Gasteiger partial charge in [-0.3, -0.25) is 9.59 Å². The Balaban J connectivity index is 0.00000261. The molecule has 27 heavy (non-hydrogen) atoms. The van der Waals surface area contributed by atoms with Gasteiger partial charge in [0, 0.05) is 31.1 Å². The molecule has 2 unspecified atom stereocenters. The van der Waals surface area contributed by atoms with Crippen molar-refractivity contribution in [3.05, 3.63) is 65.7 Å². The summed E-state index contributed by atoms with van der Waals surface area (Å²) in [6.45, 7) is 2.73. The standard InChI is InChI=1S/C21H25N3O2.ClH/c1-15(23-20(25)14-19(22)17-6-3-2-4-7-17)16-9-11-18(12-10-16)24-13-5-8-21(24)26;/h2-4,6-7,9-12,15,19H,5,8,13-14,22H2,1H3,(H,23,25);1H. The van der Waals surface area contributed by atoms with Gasteiger partial charge in [-0.15, -0.1) is 12.4 Å². The average molecular weight is 388 g/mol. The van der Waals surface area contributed by atoms with Crippen LogP contribution in [0.25, 0.3) is 0 Å². The summed E-state index contributed by atoms with van der Waals surface area (Å²) in [6, 6.07) is 17.0. The maximum Gasteiger partial charge on any atom is 0.227 e. The molecule has 2 atom stereocenters. The number of hydrogen-bond donors (Lipinski definition) is 2. The highest BCUT2D eigenvalue weighted by Gasteiger charge is 2.21. The SMILES string of the molecule is CC(NC(=O)CC(N)c1ccccc1)c1ccc(N2CCCC2=O)cc1.Cl. The van der Waals surface area contributed by atoms with E-state index in [4.69, 9.17) is 5.73 Å². The highest BCUT2D eigenvalue weighted by atomic mass is 35.5. The third-order valence-electron chi connectivity index (χ3n) is 4.79. The van der Waals surface area contributed by atoms with Crippen LogP contribution in [0, 0.1) is 0 Å². The molecule has 0 aliphatic carbocycles. The van der Waals surface area contributed by atoms with Crippen LogP contribution in [0.15, 0.2) is 54.6 Å². The van der Waals surface area contributed by atoms with Crippen LogP contribution in [0.5, 0.6) is 0 Å². The number of benzene rings is 2. The maximum atomic E-state index is 12.3. The zero-order valence-corrected chi connectivity index (χ0v) is 16.2. The first-order valence-electron chi connectivity index (χ1n) is 9.05. The summed E-state index contributed by atoms with van der Waals surface area (Å²) in [5.41, 5.74) is 8.99. The van der Waals surface area contributed by atoms with Gasteiger partial charge >= 0.3 is 0 Å². The van der Waals surface area contributed by atoms with Gasteiger partial charge in [0.15, 0.2) is 0 Å². The number of nitrogens with two attached hydrogens (primary N) is 1. The van der Waals surface area contributed by atoms with Crippen LogP contribution in [-0.2, 0) is 9.59 Å². The van der Waals surface area contributed by atoms with E-state index in [9.17, 15) is 9.59 Å². The molecule has 144 valence electrons. The molecule has 3 rings (SSSR count). The molecule has 6 heteroatoms. The van der Waals surface area contributed by atoms with Gasteiger partial charge in [-0.05, 0) is 36.6 Å². The Morgan fingerprint density at radius 3 is 2.37 bits per heavy atom. The number of hydrogen-bond acceptors (Lipinski definition) is 3. The largest absolute Gasteiger partial charge is 0.350 e. The Hall–Kier alpha value is -2.37. The molecule has 0 spiro atoms. The van der Waals surface area contributed by atoms with Crippen molar-refractivity contribution in [1.29, 1.82) is 0 Å². The van der Waals surface area contributed by atoms with Crippen molar-refractivity contribution in [3.8, 4) is 0 Å². The van der Waals surface area contributed by atoms with Crippen molar-refractivity contribution < 1.29 is 9.59 Å². The summed E-state index contributed by atoms with van der Waals surface area (Å²) in [6.07, 6.45) is 1.78. The van der Waals surface area contributed by atoms with E-state index in [1.807, 2.05) is 66.4 Å². The van der Waals surface area contributed by atoms with Crippen molar-refractivity contribution in [1.82, 2.24) is 5.32 Å². The van der Waals surface area contributed by atoms with Gasteiger partial charge < -0.3 is 16.0 Å². The zero-order valence-electron chi connectivity index (χ0n) is 15.4. The molecular weight excluding hydrogens is 362 g/mol. The molecule has 0 bridgehead atoms. The molecule has 1 fully saturated rings. The number of amides is 2. The Morgan fingerprint density at radius 1 is 1.11 bits per heavy atom. The van der Waals surface area contributed by atoms with Crippen LogP contribution >= 0.6 is 12.4 Å². The van der Waals surface area contributed by atoms with E-state index < -0.39 is 0 Å². The van der Waals surface area contributed by atoms with Crippen LogP contribution in [-0.4, -0.2) is 18.4 Å². The maximum absolute atomic E-state index is 12.3. The highest BCUT2D eigenvalue weighted by Crippen LogP contribution is 2.23. The first kappa shape index (κ1) is 20.9. The van der Waals surface area contributed by atoms with Crippen LogP contribution < -0.4 is 16.0 Å². The fourth-order valence-corrected chi connectivity index (χ4v) is 3.27. The minimum absolute atomic E-state index is 0. The summed E-state index contributed by atoms with van der Waals surface area (Å²) in [4.78, 5) is 25.9. The molecule has 3 N–H and O–H groups in total. The molecule has 1 saturated heterocycles. The van der Waals surface area contributed by atoms with Crippen LogP contribution in [0.1, 0.15) is 49.4 Å². The number of carbonyl (C=O) groups excluding carboxylic acids is 2. The molecule has 5 nitrogen and oxygen atoms in total. The second-order valence-corrected chi connectivity index (χ2v) is 6.75. The molecule has 0 aromatic heterocycles. The zero-order chi connectivity index (χ0) is 18.5. The number of nitrogens with one attached hydrogen (secondary N) is 1. The molecule has 0 saturated carbocycles. The van der Waals surface area contributed by atoms with E-state index in [2.05, 4.69) is 5.32 Å². The van der Waals surface area contributed by atoms with Gasteiger partial charge in [-0.2, -0.15) is 0 Å². The smallest absolute Gasteiger partial charge is 0.227 e. The van der Waals surface area contributed by atoms with Crippen molar-refractivity contribution in [2.75, 3.05) is 11.4 Å². The molecular formula is C21H26ClN3O2. The van der Waals surface area contributed by atoms with E-state index >= 15 is 0 Å². The first-order valence-corrected chi connectivity index (χ1v) is 9.05. The molecule has 2 amide bonds. The van der Waals surface area contributed by atoms with E-state index in [-0.39, 0.29) is 42.7 Å². The quantitative estimate of drug-likeness (QED) is 0.796. The van der Waals surface area contributed by atoms with E-state index in [0.29, 0.717) is 6.42 Å². The van der Waals surface area contributed by atoms with Crippen LogP contribution in [0.4, 0.5) is 5.69 Å². The number of halogens is 1. The number of carbonyl (C=O) groups is 2. The van der Waals surface area contributed by atoms with Crippen molar-refractivity contribution >= 4 is 29.9 Å². The fraction of sp³-hybridized carbons (Fsp3) is 0.333. The van der Waals surface area contributed by atoms with Gasteiger partial charge in [0.2, 0.25) is 11.8 Å². The highest BCUT2D eigenvalue weighted by molar-refractivity contribution is 5.95. The van der Waals surface area contributed by atoms with Gasteiger partial charge in [0.1, 0.15) is 0 Å². The summed E-state index contributed by atoms with van der Waals surface area (Å²) in [7, 11) is 0. The molecule has 1 heterocycles. The Kier molecular flexibility index (Phi) is 7.39. The van der Waals surface area contributed by atoms with Gasteiger partial charge in [0.25, 0.3) is 0 Å². The summed E-state index contributed by atoms with van der Waals surface area (Å²) in [5, 5.41) is 3.00. The summed E-state index contributed by atoms with van der Waals surface area (Å²) < 4.78 is 0. The lowest BCUT2D eigenvalue weighted by Gasteiger charge is -2.19. The minimum Gasteiger partial charge on any atom is -0.350 e. The first-order chi connectivity index (χ1) is 12.5. The average Bonchev–Trinajstić information content (AvgIpc) is 3.08. The second kappa shape index (κ2) is 9.53. The number of nitrogens with zero attached hydrogens (tertiary/aromatic N) is 1. The van der Waals surface area contributed by atoms with Crippen molar-refractivity contribution in [3.63, 3.8) is 0 Å². The lowest BCUT2D eigenvalue weighted by molar-refractivity contribution is -0.122. The molecule has 2 aromatic rings. The number of anilines is 1. The van der Waals surface area contributed by atoms with Crippen LogP contribution in [0.3, 0.4) is 0 Å². The molecule has 0 radical (unpaired) electrons. The Labute approximate surface area is 166 Å². The fourth-order valence-electron chi connectivity index (χ4n) is 3.27. The molecule has 1 aliphatic rings. The third-order valence-corrected chi connectivity index (χ3v) is 4.79. The lowest BCUT2D eigenvalue weighted by atomic mass is 10.0. The second-order valence-electron chi connectivity index (χ2n) is 6.75. The van der Waals surface area contributed by atoms with E-state index in [1.54, 1.807) is 0 Å². The summed E-state index contributed by atoms with van der Waals surface area (Å²) in [5.74, 6) is 0.0988. The van der Waals surface area contributed by atoms with Gasteiger partial charge in [-0.1, -0.05) is 42.5 Å².